The van der Waals surface area contributed by atoms with Gasteiger partial charge >= 0.3 is 0 Å². The molecule has 1 aromatic rings. The van der Waals surface area contributed by atoms with Crippen molar-refractivity contribution in [3.05, 3.63) is 48.6 Å². The third-order valence-corrected chi connectivity index (χ3v) is 2.60. The second-order valence-electron chi connectivity index (χ2n) is 3.42. The van der Waals surface area contributed by atoms with Gasteiger partial charge in [0.05, 0.1) is 0 Å². The summed E-state index contributed by atoms with van der Waals surface area (Å²) in [5.41, 5.74) is 2.48. The Morgan fingerprint density at radius 1 is 1.38 bits per heavy atom. The van der Waals surface area contributed by atoms with Crippen molar-refractivity contribution in [2.75, 3.05) is 0 Å². The van der Waals surface area contributed by atoms with Crippen molar-refractivity contribution in [2.24, 2.45) is 4.99 Å². The first-order valence-electron chi connectivity index (χ1n) is 4.53. The molecule has 0 fully saturated rings. The van der Waals surface area contributed by atoms with Crippen molar-refractivity contribution in [3.63, 3.8) is 0 Å². The molecule has 1 heteroatoms. The van der Waals surface area contributed by atoms with E-state index in [2.05, 4.69) is 42.8 Å². The number of benzene rings is 1. The molecule has 0 saturated heterocycles. The second kappa shape index (κ2) is 2.84. The van der Waals surface area contributed by atoms with Gasteiger partial charge in [0, 0.05) is 5.71 Å². The zero-order chi connectivity index (χ0) is 9.31. The molecule has 1 aromatic carbocycles. The summed E-state index contributed by atoms with van der Waals surface area (Å²) in [6, 6.07) is 10.4. The van der Waals surface area contributed by atoms with Crippen LogP contribution in [0.3, 0.4) is 0 Å². The topological polar surface area (TPSA) is 12.4 Å². The minimum absolute atomic E-state index is 0.0248. The number of hydrogen-bond acceptors (Lipinski definition) is 1. The largest absolute Gasteiger partial charge is 0.274 e. The summed E-state index contributed by atoms with van der Waals surface area (Å²) < 4.78 is 0. The monoisotopic (exact) mass is 171 g/mol. The lowest BCUT2D eigenvalue weighted by Crippen LogP contribution is -2.13. The molecular formula is C12H13N. The summed E-state index contributed by atoms with van der Waals surface area (Å²) in [5, 5.41) is 0. The summed E-state index contributed by atoms with van der Waals surface area (Å²) in [6.45, 7) is 5.85. The molecule has 1 atom stereocenters. The zero-order valence-corrected chi connectivity index (χ0v) is 7.83. The van der Waals surface area contributed by atoms with Crippen LogP contribution < -0.4 is 0 Å². The van der Waals surface area contributed by atoms with Crippen LogP contribution in [-0.4, -0.2) is 5.71 Å². The Morgan fingerprint density at radius 3 is 2.46 bits per heavy atom. The van der Waals surface area contributed by atoms with E-state index in [1.165, 1.54) is 11.3 Å². The summed E-state index contributed by atoms with van der Waals surface area (Å²) >= 11 is 0. The first-order valence-corrected chi connectivity index (χ1v) is 4.53. The van der Waals surface area contributed by atoms with E-state index in [1.807, 2.05) is 12.1 Å². The minimum Gasteiger partial charge on any atom is -0.274 e. The van der Waals surface area contributed by atoms with Crippen molar-refractivity contribution in [1.82, 2.24) is 0 Å². The maximum atomic E-state index is 4.49. The van der Waals surface area contributed by atoms with Gasteiger partial charge in [0.1, 0.15) is 5.54 Å². The van der Waals surface area contributed by atoms with Crippen LogP contribution in [0.1, 0.15) is 18.9 Å². The number of nitrogens with zero attached hydrogens (tertiary/aromatic N) is 1. The summed E-state index contributed by atoms with van der Waals surface area (Å²) in [5.74, 6) is 0. The van der Waals surface area contributed by atoms with Crippen LogP contribution >= 0.6 is 0 Å². The molecule has 2 rings (SSSR count). The predicted molar refractivity (Wildman–Crippen MR) is 56.0 cm³/mol. The molecule has 0 spiro atoms. The van der Waals surface area contributed by atoms with Gasteiger partial charge in [-0.1, -0.05) is 36.4 Å². The lowest BCUT2D eigenvalue weighted by atomic mass is 9.91. The highest BCUT2D eigenvalue weighted by Gasteiger charge is 2.44. The third kappa shape index (κ3) is 1.21. The second-order valence-corrected chi connectivity index (χ2v) is 3.42. The van der Waals surface area contributed by atoms with Gasteiger partial charge in [0.2, 0.25) is 0 Å². The number of hydrogen-bond donors (Lipinski definition) is 0. The maximum Gasteiger partial charge on any atom is 0.126 e. The molecule has 1 unspecified atom stereocenters. The van der Waals surface area contributed by atoms with E-state index in [4.69, 9.17) is 0 Å². The Balaban J connectivity index is 2.30. The van der Waals surface area contributed by atoms with Gasteiger partial charge in [-0.3, -0.25) is 4.99 Å². The highest BCUT2D eigenvalue weighted by molar-refractivity contribution is 6.04. The standard InChI is InChI=1S/C12H13N/c1-3-9-12(10(2)13-12)11-7-5-4-6-8-11/h3-8H,1,9H2,2H3. The molecule has 0 amide bonds. The molecule has 13 heavy (non-hydrogen) atoms. The van der Waals surface area contributed by atoms with Crippen LogP contribution in [0.25, 0.3) is 0 Å². The normalized spacial score (nSPS) is 25.2. The molecule has 0 aromatic heterocycles. The fraction of sp³-hybridized carbons (Fsp3) is 0.250. The highest BCUT2D eigenvalue weighted by atomic mass is 15.0. The Labute approximate surface area is 78.8 Å². The van der Waals surface area contributed by atoms with Crippen molar-refractivity contribution in [3.8, 4) is 0 Å². The fourth-order valence-electron chi connectivity index (χ4n) is 1.77. The molecule has 0 aliphatic carbocycles. The lowest BCUT2D eigenvalue weighted by molar-refractivity contribution is 0.723. The van der Waals surface area contributed by atoms with Crippen molar-refractivity contribution in [2.45, 2.75) is 18.9 Å². The average molecular weight is 171 g/mol. The Hall–Kier alpha value is -1.37. The molecule has 0 radical (unpaired) electrons. The molecule has 1 aliphatic heterocycles. The van der Waals surface area contributed by atoms with Crippen LogP contribution in [0.5, 0.6) is 0 Å². The maximum absolute atomic E-state index is 4.49. The summed E-state index contributed by atoms with van der Waals surface area (Å²) in [4.78, 5) is 4.49. The molecule has 1 nitrogen and oxygen atoms in total. The van der Waals surface area contributed by atoms with Gasteiger partial charge in [-0.05, 0) is 18.9 Å². The van der Waals surface area contributed by atoms with Crippen molar-refractivity contribution in [1.29, 1.82) is 0 Å². The van der Waals surface area contributed by atoms with Gasteiger partial charge < -0.3 is 0 Å². The van der Waals surface area contributed by atoms with Crippen LogP contribution in [0.4, 0.5) is 0 Å². The Kier molecular flexibility index (Phi) is 1.80. The van der Waals surface area contributed by atoms with E-state index >= 15 is 0 Å². The van der Waals surface area contributed by atoms with Gasteiger partial charge in [-0.15, -0.1) is 6.58 Å². The zero-order valence-electron chi connectivity index (χ0n) is 7.83. The van der Waals surface area contributed by atoms with Crippen LogP contribution in [0.2, 0.25) is 0 Å². The molecule has 66 valence electrons. The Morgan fingerprint density at radius 2 is 2.00 bits per heavy atom. The van der Waals surface area contributed by atoms with E-state index in [9.17, 15) is 0 Å². The molecule has 1 aliphatic rings. The SMILES string of the molecule is C=CCC1(c2ccccc2)N=C1C. The van der Waals surface area contributed by atoms with Crippen LogP contribution in [0.15, 0.2) is 48.0 Å². The first-order chi connectivity index (χ1) is 6.29. The van der Waals surface area contributed by atoms with Gasteiger partial charge in [0.15, 0.2) is 0 Å². The average Bonchev–Trinajstić information content (AvgIpc) is 2.80. The first kappa shape index (κ1) is 8.24. The van der Waals surface area contributed by atoms with Gasteiger partial charge in [-0.2, -0.15) is 0 Å². The summed E-state index contributed by atoms with van der Waals surface area (Å²) in [6.07, 6.45) is 2.86. The van der Waals surface area contributed by atoms with Gasteiger partial charge in [-0.25, -0.2) is 0 Å². The summed E-state index contributed by atoms with van der Waals surface area (Å²) in [7, 11) is 0. The minimum atomic E-state index is -0.0248. The third-order valence-electron chi connectivity index (χ3n) is 2.60. The Bertz CT molecular complexity index is 351. The molecule has 0 saturated carbocycles. The van der Waals surface area contributed by atoms with E-state index in [0.29, 0.717) is 0 Å². The smallest absolute Gasteiger partial charge is 0.126 e. The number of aliphatic imine (C=N–C) groups is 1. The van der Waals surface area contributed by atoms with Crippen LogP contribution in [0, 0.1) is 0 Å². The van der Waals surface area contributed by atoms with E-state index in [-0.39, 0.29) is 5.54 Å². The van der Waals surface area contributed by atoms with Crippen molar-refractivity contribution < 1.29 is 0 Å². The van der Waals surface area contributed by atoms with E-state index in [1.54, 1.807) is 0 Å². The van der Waals surface area contributed by atoms with Crippen LogP contribution in [-0.2, 0) is 5.54 Å². The molecular weight excluding hydrogens is 158 g/mol. The van der Waals surface area contributed by atoms with Gasteiger partial charge in [0.25, 0.3) is 0 Å². The van der Waals surface area contributed by atoms with Crippen molar-refractivity contribution >= 4 is 5.71 Å². The fourth-order valence-corrected chi connectivity index (χ4v) is 1.77. The number of rotatable bonds is 3. The van der Waals surface area contributed by atoms with E-state index in [0.717, 1.165) is 6.42 Å². The van der Waals surface area contributed by atoms with E-state index < -0.39 is 0 Å². The molecule has 1 heterocycles. The molecule has 0 bridgehead atoms. The quantitative estimate of drug-likeness (QED) is 0.620. The lowest BCUT2D eigenvalue weighted by Gasteiger charge is -2.12. The highest BCUT2D eigenvalue weighted by Crippen LogP contribution is 2.42. The predicted octanol–water partition coefficient (Wildman–Crippen LogP) is 2.93. The molecule has 0 N–H and O–H groups in total.